The number of amides is 1. The van der Waals surface area contributed by atoms with Crippen LogP contribution in [0.1, 0.15) is 10.4 Å². The van der Waals surface area contributed by atoms with Gasteiger partial charge in [0.1, 0.15) is 0 Å². The van der Waals surface area contributed by atoms with Crippen molar-refractivity contribution in [3.63, 3.8) is 0 Å². The Morgan fingerprint density at radius 2 is 2.05 bits per heavy atom. The summed E-state index contributed by atoms with van der Waals surface area (Å²) in [6.45, 7) is 0. The van der Waals surface area contributed by atoms with Gasteiger partial charge in [0.05, 0.1) is 19.2 Å². The van der Waals surface area contributed by atoms with E-state index in [9.17, 15) is 4.79 Å². The standard InChI is InChI=1S/C13H6BrCl2N3O2S/c14-10-4-3-9(22-10)12-18-19-13(21-12)17-11(20)7-2-1-6(15)5-8(7)16/h1-5H,(H,17,19,20). The number of halogens is 3. The zero-order chi connectivity index (χ0) is 15.7. The number of nitrogens with one attached hydrogen (secondary N) is 1. The number of aromatic nitrogens is 2. The van der Waals surface area contributed by atoms with E-state index in [0.717, 1.165) is 8.66 Å². The highest BCUT2D eigenvalue weighted by Crippen LogP contribution is 2.31. The second-order valence-corrected chi connectivity index (χ2v) is 7.40. The third kappa shape index (κ3) is 3.33. The summed E-state index contributed by atoms with van der Waals surface area (Å²) in [6.07, 6.45) is 0. The molecule has 0 fully saturated rings. The van der Waals surface area contributed by atoms with Gasteiger partial charge in [0.25, 0.3) is 11.8 Å². The van der Waals surface area contributed by atoms with Crippen LogP contribution in [0.5, 0.6) is 0 Å². The number of carbonyl (C=O) groups is 1. The number of rotatable bonds is 3. The molecule has 0 atom stereocenters. The van der Waals surface area contributed by atoms with Crippen LogP contribution >= 0.6 is 50.5 Å². The van der Waals surface area contributed by atoms with Gasteiger partial charge in [-0.15, -0.1) is 16.4 Å². The second-order valence-electron chi connectivity index (χ2n) is 4.09. The van der Waals surface area contributed by atoms with Crippen LogP contribution in [-0.4, -0.2) is 16.1 Å². The molecule has 1 aromatic carbocycles. The lowest BCUT2D eigenvalue weighted by Crippen LogP contribution is -2.12. The third-order valence-electron chi connectivity index (χ3n) is 2.61. The summed E-state index contributed by atoms with van der Waals surface area (Å²) >= 11 is 16.6. The van der Waals surface area contributed by atoms with Gasteiger partial charge in [0, 0.05) is 5.02 Å². The molecule has 3 aromatic rings. The fourth-order valence-electron chi connectivity index (χ4n) is 1.64. The summed E-state index contributed by atoms with van der Waals surface area (Å²) in [6, 6.07) is 8.29. The fraction of sp³-hybridized carbons (Fsp3) is 0. The van der Waals surface area contributed by atoms with Gasteiger partial charge in [0.15, 0.2) is 0 Å². The van der Waals surface area contributed by atoms with Crippen LogP contribution in [0.3, 0.4) is 0 Å². The van der Waals surface area contributed by atoms with Gasteiger partial charge in [-0.1, -0.05) is 28.3 Å². The molecule has 0 bridgehead atoms. The maximum Gasteiger partial charge on any atom is 0.322 e. The molecule has 0 saturated heterocycles. The number of carbonyl (C=O) groups excluding carboxylic acids is 1. The monoisotopic (exact) mass is 417 g/mol. The number of hydrogen-bond acceptors (Lipinski definition) is 5. The van der Waals surface area contributed by atoms with Crippen LogP contribution in [-0.2, 0) is 0 Å². The summed E-state index contributed by atoms with van der Waals surface area (Å²) in [5.74, 6) is -0.127. The Morgan fingerprint density at radius 1 is 1.23 bits per heavy atom. The molecule has 0 aliphatic carbocycles. The van der Waals surface area contributed by atoms with E-state index in [1.54, 1.807) is 6.07 Å². The molecule has 0 aliphatic rings. The smallest absolute Gasteiger partial charge is 0.322 e. The molecule has 5 nitrogen and oxygen atoms in total. The van der Waals surface area contributed by atoms with E-state index in [-0.39, 0.29) is 16.6 Å². The molecule has 0 aliphatic heterocycles. The molecule has 9 heteroatoms. The van der Waals surface area contributed by atoms with Crippen molar-refractivity contribution >= 4 is 62.4 Å². The summed E-state index contributed by atoms with van der Waals surface area (Å²) in [7, 11) is 0. The van der Waals surface area contributed by atoms with E-state index in [0.29, 0.717) is 10.9 Å². The van der Waals surface area contributed by atoms with E-state index in [1.165, 1.54) is 23.5 Å². The molecule has 1 N–H and O–H groups in total. The highest BCUT2D eigenvalue weighted by molar-refractivity contribution is 9.11. The molecular formula is C13H6BrCl2N3O2S. The Morgan fingerprint density at radius 3 is 2.73 bits per heavy atom. The van der Waals surface area contributed by atoms with E-state index < -0.39 is 5.91 Å². The van der Waals surface area contributed by atoms with Crippen molar-refractivity contribution in [3.05, 3.63) is 49.7 Å². The number of nitrogens with zero attached hydrogens (tertiary/aromatic N) is 2. The Kier molecular flexibility index (Phi) is 4.49. The number of anilines is 1. The lowest BCUT2D eigenvalue weighted by Gasteiger charge is -2.03. The molecule has 112 valence electrons. The minimum Gasteiger partial charge on any atom is -0.402 e. The Hall–Kier alpha value is -1.41. The quantitative estimate of drug-likeness (QED) is 0.640. The summed E-state index contributed by atoms with van der Waals surface area (Å²) < 4.78 is 6.35. The van der Waals surface area contributed by atoms with Crippen molar-refractivity contribution < 1.29 is 9.21 Å². The number of thiophene rings is 1. The minimum atomic E-state index is -0.454. The zero-order valence-electron chi connectivity index (χ0n) is 10.6. The van der Waals surface area contributed by atoms with Gasteiger partial charge in [-0.2, -0.15) is 0 Å². The van der Waals surface area contributed by atoms with Gasteiger partial charge >= 0.3 is 6.01 Å². The molecule has 0 spiro atoms. The van der Waals surface area contributed by atoms with Crippen molar-refractivity contribution in [1.29, 1.82) is 0 Å². The highest BCUT2D eigenvalue weighted by Gasteiger charge is 2.16. The average Bonchev–Trinajstić information content (AvgIpc) is 3.07. The third-order valence-corrected chi connectivity index (χ3v) is 4.76. The van der Waals surface area contributed by atoms with Crippen molar-refractivity contribution in [2.75, 3.05) is 5.32 Å². The normalized spacial score (nSPS) is 10.7. The van der Waals surface area contributed by atoms with Gasteiger partial charge in [-0.25, -0.2) is 0 Å². The predicted octanol–water partition coefficient (Wildman–Crippen LogP) is 5.12. The molecule has 0 saturated carbocycles. The highest BCUT2D eigenvalue weighted by atomic mass is 79.9. The van der Waals surface area contributed by atoms with E-state index in [2.05, 4.69) is 31.4 Å². The van der Waals surface area contributed by atoms with Gasteiger partial charge in [-0.05, 0) is 46.3 Å². The van der Waals surface area contributed by atoms with Gasteiger partial charge in [0.2, 0.25) is 0 Å². The molecular weight excluding hydrogens is 413 g/mol. The first-order valence-corrected chi connectivity index (χ1v) is 8.25. The lowest BCUT2D eigenvalue weighted by atomic mass is 10.2. The first-order valence-electron chi connectivity index (χ1n) is 5.88. The predicted molar refractivity (Wildman–Crippen MR) is 89.7 cm³/mol. The Bertz CT molecular complexity index is 849. The second kappa shape index (κ2) is 6.37. The number of benzene rings is 1. The lowest BCUT2D eigenvalue weighted by molar-refractivity contribution is 0.102. The minimum absolute atomic E-state index is 0.00413. The molecule has 2 aromatic heterocycles. The molecule has 0 radical (unpaired) electrons. The van der Waals surface area contributed by atoms with E-state index in [4.69, 9.17) is 27.6 Å². The van der Waals surface area contributed by atoms with Crippen molar-refractivity contribution in [1.82, 2.24) is 10.2 Å². The van der Waals surface area contributed by atoms with Gasteiger partial charge in [-0.3, -0.25) is 10.1 Å². The maximum atomic E-state index is 12.1. The first kappa shape index (κ1) is 15.5. The zero-order valence-corrected chi connectivity index (χ0v) is 14.6. The molecule has 22 heavy (non-hydrogen) atoms. The topological polar surface area (TPSA) is 68.0 Å². The van der Waals surface area contributed by atoms with E-state index >= 15 is 0 Å². The van der Waals surface area contributed by atoms with Crippen LogP contribution in [0.2, 0.25) is 10.0 Å². The van der Waals surface area contributed by atoms with Gasteiger partial charge < -0.3 is 4.42 Å². The van der Waals surface area contributed by atoms with Crippen LogP contribution in [0.4, 0.5) is 6.01 Å². The summed E-state index contributed by atoms with van der Waals surface area (Å²) in [5.41, 5.74) is 0.268. The average molecular weight is 419 g/mol. The molecule has 2 heterocycles. The van der Waals surface area contributed by atoms with Crippen LogP contribution in [0.15, 0.2) is 38.5 Å². The van der Waals surface area contributed by atoms with Crippen LogP contribution in [0, 0.1) is 0 Å². The SMILES string of the molecule is O=C(Nc1nnc(-c2ccc(Br)s2)o1)c1ccc(Cl)cc1Cl. The van der Waals surface area contributed by atoms with E-state index in [1.807, 2.05) is 12.1 Å². The molecule has 1 amide bonds. The van der Waals surface area contributed by atoms with Crippen molar-refractivity contribution in [3.8, 4) is 10.8 Å². The number of hydrogen-bond donors (Lipinski definition) is 1. The summed E-state index contributed by atoms with van der Waals surface area (Å²) in [5, 5.41) is 10.9. The maximum absolute atomic E-state index is 12.1. The Labute approximate surface area is 147 Å². The first-order chi connectivity index (χ1) is 10.5. The molecule has 0 unspecified atom stereocenters. The van der Waals surface area contributed by atoms with Crippen molar-refractivity contribution in [2.24, 2.45) is 0 Å². The Balaban J connectivity index is 1.79. The van der Waals surface area contributed by atoms with Crippen LogP contribution in [0.25, 0.3) is 10.8 Å². The fourth-order valence-corrected chi connectivity index (χ4v) is 3.44. The van der Waals surface area contributed by atoms with Crippen LogP contribution < -0.4 is 5.32 Å². The molecule has 3 rings (SSSR count). The summed E-state index contributed by atoms with van der Waals surface area (Å²) in [4.78, 5) is 12.9. The largest absolute Gasteiger partial charge is 0.402 e. The van der Waals surface area contributed by atoms with Crippen molar-refractivity contribution in [2.45, 2.75) is 0 Å².